The summed E-state index contributed by atoms with van der Waals surface area (Å²) in [7, 11) is 0. The first-order valence-electron chi connectivity index (χ1n) is 5.69. The predicted octanol–water partition coefficient (Wildman–Crippen LogP) is 2.21. The molecule has 1 aromatic rings. The largest absolute Gasteiger partial charge is 0.448 e. The zero-order chi connectivity index (χ0) is 11.0. The maximum atomic E-state index is 8.65. The van der Waals surface area contributed by atoms with Crippen molar-refractivity contribution in [3.8, 4) is 11.5 Å². The summed E-state index contributed by atoms with van der Waals surface area (Å²) < 4.78 is 11.8. The molecule has 0 bridgehead atoms. The number of hydrogen-bond donors (Lipinski definition) is 2. The smallest absolute Gasteiger partial charge is 0.251 e. The van der Waals surface area contributed by atoms with Gasteiger partial charge in [0.05, 0.1) is 0 Å². The lowest BCUT2D eigenvalue weighted by atomic mass is 10.2. The van der Waals surface area contributed by atoms with Crippen LogP contribution >= 0.6 is 0 Å². The second-order valence-electron chi connectivity index (χ2n) is 4.44. The van der Waals surface area contributed by atoms with Gasteiger partial charge in [-0.25, -0.2) is 5.48 Å². The van der Waals surface area contributed by atoms with Crippen molar-refractivity contribution >= 4 is 0 Å². The van der Waals surface area contributed by atoms with Crippen molar-refractivity contribution in [2.45, 2.75) is 38.0 Å². The van der Waals surface area contributed by atoms with Crippen LogP contribution in [0, 0.1) is 0 Å². The molecule has 1 aliphatic heterocycles. The monoisotopic (exact) mass is 221 g/mol. The molecular formula is C12H15NO3. The van der Waals surface area contributed by atoms with Crippen LogP contribution in [0.5, 0.6) is 11.5 Å². The van der Waals surface area contributed by atoms with Crippen LogP contribution in [0.3, 0.4) is 0 Å². The normalized spacial score (nSPS) is 20.6. The lowest BCUT2D eigenvalue weighted by Gasteiger charge is -2.21. The highest BCUT2D eigenvalue weighted by Crippen LogP contribution is 2.46. The molecule has 0 unspecified atom stereocenters. The predicted molar refractivity (Wildman–Crippen MR) is 57.5 cm³/mol. The first-order chi connectivity index (χ1) is 7.81. The molecule has 16 heavy (non-hydrogen) atoms. The minimum Gasteiger partial charge on any atom is -0.448 e. The summed E-state index contributed by atoms with van der Waals surface area (Å²) in [5.74, 6) is 1.23. The van der Waals surface area contributed by atoms with Gasteiger partial charge in [0.2, 0.25) is 0 Å². The minimum absolute atomic E-state index is 0.395. The van der Waals surface area contributed by atoms with E-state index < -0.39 is 5.79 Å². The number of fused-ring (bicyclic) bond motifs is 1. The lowest BCUT2D eigenvalue weighted by Crippen LogP contribution is -2.34. The second-order valence-corrected chi connectivity index (χ2v) is 4.44. The molecule has 0 saturated heterocycles. The van der Waals surface area contributed by atoms with Crippen molar-refractivity contribution < 1.29 is 14.7 Å². The van der Waals surface area contributed by atoms with Gasteiger partial charge in [-0.15, -0.1) is 0 Å². The van der Waals surface area contributed by atoms with Gasteiger partial charge in [-0.2, -0.15) is 0 Å². The number of nitrogens with one attached hydrogen (secondary N) is 1. The van der Waals surface area contributed by atoms with E-state index in [4.69, 9.17) is 14.7 Å². The van der Waals surface area contributed by atoms with E-state index in [1.54, 1.807) is 0 Å². The van der Waals surface area contributed by atoms with Gasteiger partial charge in [0.15, 0.2) is 11.5 Å². The first-order valence-corrected chi connectivity index (χ1v) is 5.69. The van der Waals surface area contributed by atoms with E-state index in [0.717, 1.165) is 29.9 Å². The van der Waals surface area contributed by atoms with Gasteiger partial charge in [-0.05, 0) is 30.5 Å². The van der Waals surface area contributed by atoms with Crippen molar-refractivity contribution in [2.75, 3.05) is 0 Å². The van der Waals surface area contributed by atoms with Crippen molar-refractivity contribution in [1.29, 1.82) is 0 Å². The SMILES string of the molecule is ONCc1ccc2c(c1)OC1(CCCC1)O2. The van der Waals surface area contributed by atoms with Crippen molar-refractivity contribution in [3.05, 3.63) is 23.8 Å². The standard InChI is InChI=1S/C12H15NO3/c14-13-8-9-3-4-10-11(7-9)16-12(15-10)5-1-2-6-12/h3-4,7,13-14H,1-2,5-6,8H2. The molecule has 1 aromatic carbocycles. The summed E-state index contributed by atoms with van der Waals surface area (Å²) in [4.78, 5) is 0. The fourth-order valence-electron chi connectivity index (χ4n) is 2.46. The second kappa shape index (κ2) is 3.64. The first kappa shape index (κ1) is 9.93. The Hall–Kier alpha value is -1.26. The molecule has 0 atom stereocenters. The molecular weight excluding hydrogens is 206 g/mol. The molecule has 1 spiro atoms. The van der Waals surface area contributed by atoms with Crippen LogP contribution in [0.25, 0.3) is 0 Å². The van der Waals surface area contributed by atoms with Crippen LogP contribution in [0.2, 0.25) is 0 Å². The highest BCUT2D eigenvalue weighted by atomic mass is 16.7. The summed E-state index contributed by atoms with van der Waals surface area (Å²) in [6.07, 6.45) is 4.27. The third-order valence-electron chi connectivity index (χ3n) is 3.25. The molecule has 0 aromatic heterocycles. The number of rotatable bonds is 2. The van der Waals surface area contributed by atoms with Gasteiger partial charge in [0.25, 0.3) is 5.79 Å². The third-order valence-corrected chi connectivity index (χ3v) is 3.25. The van der Waals surface area contributed by atoms with Gasteiger partial charge >= 0.3 is 0 Å². The Morgan fingerprint density at radius 2 is 1.94 bits per heavy atom. The maximum absolute atomic E-state index is 8.65. The van der Waals surface area contributed by atoms with Crippen molar-refractivity contribution in [3.63, 3.8) is 0 Å². The summed E-state index contributed by atoms with van der Waals surface area (Å²) in [5, 5.41) is 8.65. The van der Waals surface area contributed by atoms with Gasteiger partial charge in [-0.1, -0.05) is 6.07 Å². The Morgan fingerprint density at radius 3 is 2.69 bits per heavy atom. The van der Waals surface area contributed by atoms with Gasteiger partial charge in [-0.3, -0.25) is 0 Å². The van der Waals surface area contributed by atoms with Gasteiger partial charge < -0.3 is 14.7 Å². The van der Waals surface area contributed by atoms with E-state index in [-0.39, 0.29) is 0 Å². The average molecular weight is 221 g/mol. The topological polar surface area (TPSA) is 50.7 Å². The molecule has 4 nitrogen and oxygen atoms in total. The summed E-state index contributed by atoms with van der Waals surface area (Å²) in [5.41, 5.74) is 3.13. The fraction of sp³-hybridized carbons (Fsp3) is 0.500. The summed E-state index contributed by atoms with van der Waals surface area (Å²) in [6.45, 7) is 0.420. The quantitative estimate of drug-likeness (QED) is 0.752. The molecule has 1 heterocycles. The van der Waals surface area contributed by atoms with E-state index in [1.165, 1.54) is 12.8 Å². The van der Waals surface area contributed by atoms with Crippen LogP contribution < -0.4 is 15.0 Å². The summed E-state index contributed by atoms with van der Waals surface area (Å²) in [6, 6.07) is 5.76. The van der Waals surface area contributed by atoms with Crippen molar-refractivity contribution in [1.82, 2.24) is 5.48 Å². The Morgan fingerprint density at radius 1 is 1.19 bits per heavy atom. The molecule has 4 heteroatoms. The van der Waals surface area contributed by atoms with Crippen LogP contribution in [0.1, 0.15) is 31.2 Å². The van der Waals surface area contributed by atoms with Crippen molar-refractivity contribution in [2.24, 2.45) is 0 Å². The molecule has 2 N–H and O–H groups in total. The Labute approximate surface area is 94.1 Å². The number of ether oxygens (including phenoxy) is 2. The van der Waals surface area contributed by atoms with Gasteiger partial charge in [0.1, 0.15) is 0 Å². The molecule has 86 valence electrons. The number of hydrogen-bond acceptors (Lipinski definition) is 4. The van der Waals surface area contributed by atoms with Crippen LogP contribution in [0.15, 0.2) is 18.2 Å². The lowest BCUT2D eigenvalue weighted by molar-refractivity contribution is -0.0716. The fourth-order valence-corrected chi connectivity index (χ4v) is 2.46. The highest BCUT2D eigenvalue weighted by Gasteiger charge is 2.43. The summed E-state index contributed by atoms with van der Waals surface area (Å²) >= 11 is 0. The molecule has 1 fully saturated rings. The molecule has 0 amide bonds. The highest BCUT2D eigenvalue weighted by molar-refractivity contribution is 5.46. The number of hydroxylamine groups is 1. The molecule has 3 rings (SSSR count). The maximum Gasteiger partial charge on any atom is 0.251 e. The van der Waals surface area contributed by atoms with E-state index in [0.29, 0.717) is 6.54 Å². The average Bonchev–Trinajstić information content (AvgIpc) is 2.85. The van der Waals surface area contributed by atoms with E-state index in [9.17, 15) is 0 Å². The zero-order valence-corrected chi connectivity index (χ0v) is 9.03. The third kappa shape index (κ3) is 1.54. The molecule has 2 aliphatic rings. The van der Waals surface area contributed by atoms with Crippen LogP contribution in [-0.2, 0) is 6.54 Å². The van der Waals surface area contributed by atoms with E-state index >= 15 is 0 Å². The Kier molecular flexibility index (Phi) is 2.26. The Bertz CT molecular complexity index is 399. The molecule has 1 saturated carbocycles. The van der Waals surface area contributed by atoms with Crippen LogP contribution in [0.4, 0.5) is 0 Å². The minimum atomic E-state index is -0.395. The number of benzene rings is 1. The molecule has 1 aliphatic carbocycles. The molecule has 0 radical (unpaired) electrons. The zero-order valence-electron chi connectivity index (χ0n) is 9.03. The Balaban J connectivity index is 1.86. The van der Waals surface area contributed by atoms with Crippen LogP contribution in [-0.4, -0.2) is 11.0 Å². The van der Waals surface area contributed by atoms with E-state index in [2.05, 4.69) is 5.48 Å². The van der Waals surface area contributed by atoms with E-state index in [1.807, 2.05) is 18.2 Å². The van der Waals surface area contributed by atoms with Gasteiger partial charge in [0, 0.05) is 19.4 Å².